The molecule has 0 bridgehead atoms. The molecule has 4 nitrogen and oxygen atoms in total. The minimum atomic E-state index is 0.210. The fourth-order valence-corrected chi connectivity index (χ4v) is 4.93. The third-order valence-electron chi connectivity index (χ3n) is 6.43. The monoisotopic (exact) mass is 370 g/mol. The normalized spacial score (nSPS) is 17.8. The van der Waals surface area contributed by atoms with E-state index in [1.54, 1.807) is 0 Å². The van der Waals surface area contributed by atoms with E-state index >= 15 is 0 Å². The fraction of sp³-hybridized carbons (Fsp3) is 0.333. The minimum Gasteiger partial charge on any atom is -0.357 e. The van der Waals surface area contributed by atoms with Crippen molar-refractivity contribution in [1.29, 1.82) is 0 Å². The van der Waals surface area contributed by atoms with Crippen LogP contribution in [0, 0.1) is 0 Å². The highest BCUT2D eigenvalue weighted by molar-refractivity contribution is 5.72. The lowest BCUT2D eigenvalue weighted by atomic mass is 9.64. The summed E-state index contributed by atoms with van der Waals surface area (Å²) in [7, 11) is 1.88. The van der Waals surface area contributed by atoms with Gasteiger partial charge >= 0.3 is 0 Å². The van der Waals surface area contributed by atoms with E-state index in [4.69, 9.17) is 4.98 Å². The highest BCUT2D eigenvalue weighted by Gasteiger charge is 2.41. The molecule has 0 amide bonds. The maximum atomic E-state index is 4.79. The summed E-state index contributed by atoms with van der Waals surface area (Å²) in [5, 5.41) is 3.08. The number of anilines is 1. The zero-order chi connectivity index (χ0) is 19.0. The molecule has 2 aromatic carbocycles. The molecule has 2 aliphatic rings. The summed E-state index contributed by atoms with van der Waals surface area (Å²) < 4.78 is 0. The van der Waals surface area contributed by atoms with Gasteiger partial charge in [0.25, 0.3) is 0 Å². The summed E-state index contributed by atoms with van der Waals surface area (Å²) in [6, 6.07) is 19.7. The average molecular weight is 371 g/mol. The van der Waals surface area contributed by atoms with Crippen LogP contribution in [0.25, 0.3) is 11.3 Å². The van der Waals surface area contributed by atoms with Gasteiger partial charge in [-0.2, -0.15) is 0 Å². The lowest BCUT2D eigenvalue weighted by Gasteiger charge is -2.45. The molecule has 3 aromatic rings. The molecule has 1 spiro atoms. The van der Waals surface area contributed by atoms with Crippen molar-refractivity contribution in [2.45, 2.75) is 31.2 Å². The third-order valence-corrected chi connectivity index (χ3v) is 6.43. The Balaban J connectivity index is 1.43. The molecular formula is C24H26N4. The number of fused-ring (bicyclic) bond motifs is 4. The molecule has 0 unspecified atom stereocenters. The molecule has 1 aromatic heterocycles. The van der Waals surface area contributed by atoms with Crippen LogP contribution >= 0.6 is 0 Å². The first kappa shape index (κ1) is 17.4. The van der Waals surface area contributed by atoms with Gasteiger partial charge in [0.1, 0.15) is 0 Å². The van der Waals surface area contributed by atoms with Gasteiger partial charge in [-0.3, -0.25) is 4.90 Å². The fourth-order valence-electron chi connectivity index (χ4n) is 4.93. The van der Waals surface area contributed by atoms with Crippen molar-refractivity contribution in [2.75, 3.05) is 25.5 Å². The summed E-state index contributed by atoms with van der Waals surface area (Å²) in [6.07, 6.45) is 5.44. The van der Waals surface area contributed by atoms with Crippen molar-refractivity contribution in [1.82, 2.24) is 14.9 Å². The molecule has 1 saturated heterocycles. The summed E-state index contributed by atoms with van der Waals surface area (Å²) in [5.74, 6) is 0.696. The first-order chi connectivity index (χ1) is 13.8. The molecule has 2 heterocycles. The van der Waals surface area contributed by atoms with Crippen molar-refractivity contribution in [3.8, 4) is 11.3 Å². The number of nitrogens with one attached hydrogen (secondary N) is 1. The second kappa shape index (κ2) is 7.02. The number of piperidine rings is 1. The Hall–Kier alpha value is -2.72. The number of hydrogen-bond acceptors (Lipinski definition) is 4. The summed E-state index contributed by atoms with van der Waals surface area (Å²) >= 11 is 0. The maximum absolute atomic E-state index is 4.79. The van der Waals surface area contributed by atoms with Crippen LogP contribution in [0.3, 0.4) is 0 Å². The Bertz CT molecular complexity index is 975. The third kappa shape index (κ3) is 2.98. The summed E-state index contributed by atoms with van der Waals surface area (Å²) in [4.78, 5) is 11.9. The Morgan fingerprint density at radius 3 is 2.54 bits per heavy atom. The van der Waals surface area contributed by atoms with Crippen LogP contribution in [0.1, 0.15) is 29.5 Å². The van der Waals surface area contributed by atoms with Crippen LogP contribution in [0.2, 0.25) is 0 Å². The van der Waals surface area contributed by atoms with Crippen LogP contribution in [0.15, 0.2) is 60.8 Å². The number of benzene rings is 2. The summed E-state index contributed by atoms with van der Waals surface area (Å²) in [6.45, 7) is 3.31. The number of likely N-dealkylation sites (tertiary alicyclic amines) is 1. The van der Waals surface area contributed by atoms with Crippen LogP contribution in [0.4, 0.5) is 5.95 Å². The molecule has 5 rings (SSSR count). The highest BCUT2D eigenvalue weighted by Crippen LogP contribution is 2.47. The second-order valence-electron chi connectivity index (χ2n) is 8.08. The Kier molecular flexibility index (Phi) is 4.36. The zero-order valence-electron chi connectivity index (χ0n) is 16.4. The maximum Gasteiger partial charge on any atom is 0.222 e. The Morgan fingerprint density at radius 2 is 1.75 bits per heavy atom. The van der Waals surface area contributed by atoms with Crippen LogP contribution < -0.4 is 5.32 Å². The molecule has 1 aliphatic heterocycles. The van der Waals surface area contributed by atoms with Crippen LogP contribution in [-0.4, -0.2) is 35.0 Å². The Morgan fingerprint density at radius 1 is 1.00 bits per heavy atom. The van der Waals surface area contributed by atoms with E-state index in [-0.39, 0.29) is 5.41 Å². The van der Waals surface area contributed by atoms with E-state index in [1.165, 1.54) is 35.1 Å². The van der Waals surface area contributed by atoms with E-state index in [2.05, 4.69) is 69.8 Å². The van der Waals surface area contributed by atoms with Crippen molar-refractivity contribution in [2.24, 2.45) is 0 Å². The number of rotatable bonds is 3. The molecule has 0 saturated carbocycles. The molecule has 142 valence electrons. The van der Waals surface area contributed by atoms with E-state index < -0.39 is 0 Å². The number of nitrogens with zero attached hydrogens (tertiary/aromatic N) is 3. The van der Waals surface area contributed by atoms with Crippen LogP contribution in [0.5, 0.6) is 0 Å². The molecule has 1 fully saturated rings. The molecule has 0 radical (unpaired) electrons. The standard InChI is InChI=1S/C24H26N4/c1-25-23-26-16-19-15-24(21-10-6-5-9-20(21)22(19)27-23)11-13-28(14-12-24)17-18-7-3-2-4-8-18/h2-10,16H,11-15,17H2,1H3,(H,25,26,27). The lowest BCUT2D eigenvalue weighted by Crippen LogP contribution is -2.45. The largest absolute Gasteiger partial charge is 0.357 e. The van der Waals surface area contributed by atoms with Gasteiger partial charge in [0.2, 0.25) is 5.95 Å². The average Bonchev–Trinajstić information content (AvgIpc) is 2.76. The van der Waals surface area contributed by atoms with Crippen molar-refractivity contribution >= 4 is 5.95 Å². The van der Waals surface area contributed by atoms with Gasteiger partial charge in [0.15, 0.2) is 0 Å². The van der Waals surface area contributed by atoms with Crippen LogP contribution in [-0.2, 0) is 18.4 Å². The lowest BCUT2D eigenvalue weighted by molar-refractivity contribution is 0.150. The van der Waals surface area contributed by atoms with Gasteiger partial charge in [-0.1, -0.05) is 54.6 Å². The first-order valence-corrected chi connectivity index (χ1v) is 10.2. The van der Waals surface area contributed by atoms with Gasteiger partial charge in [-0.25, -0.2) is 9.97 Å². The van der Waals surface area contributed by atoms with Gasteiger partial charge in [-0.05, 0) is 49.0 Å². The topological polar surface area (TPSA) is 41.1 Å². The van der Waals surface area contributed by atoms with Crippen molar-refractivity contribution < 1.29 is 0 Å². The minimum absolute atomic E-state index is 0.210. The zero-order valence-corrected chi connectivity index (χ0v) is 16.4. The molecule has 0 atom stereocenters. The van der Waals surface area contributed by atoms with E-state index in [0.717, 1.165) is 31.7 Å². The predicted octanol–water partition coefficient (Wildman–Crippen LogP) is 4.28. The van der Waals surface area contributed by atoms with Gasteiger partial charge in [0.05, 0.1) is 5.69 Å². The van der Waals surface area contributed by atoms with E-state index in [9.17, 15) is 0 Å². The second-order valence-corrected chi connectivity index (χ2v) is 8.08. The molecule has 1 aliphatic carbocycles. The summed E-state index contributed by atoms with van der Waals surface area (Å²) in [5.41, 5.74) is 6.77. The van der Waals surface area contributed by atoms with Gasteiger partial charge in [-0.15, -0.1) is 0 Å². The van der Waals surface area contributed by atoms with Crippen molar-refractivity contribution in [3.05, 3.63) is 77.5 Å². The molecule has 28 heavy (non-hydrogen) atoms. The van der Waals surface area contributed by atoms with E-state index in [0.29, 0.717) is 5.95 Å². The van der Waals surface area contributed by atoms with Crippen molar-refractivity contribution in [3.63, 3.8) is 0 Å². The Labute approximate surface area is 166 Å². The molecular weight excluding hydrogens is 344 g/mol. The SMILES string of the molecule is CNc1ncc2c(n1)-c1ccccc1C1(CCN(Cc3ccccc3)CC1)C2. The number of hydrogen-bond donors (Lipinski definition) is 1. The molecule has 1 N–H and O–H groups in total. The predicted molar refractivity (Wildman–Crippen MR) is 113 cm³/mol. The highest BCUT2D eigenvalue weighted by atomic mass is 15.1. The van der Waals surface area contributed by atoms with E-state index in [1.807, 2.05) is 13.2 Å². The smallest absolute Gasteiger partial charge is 0.222 e. The first-order valence-electron chi connectivity index (χ1n) is 10.2. The molecule has 4 heteroatoms. The van der Waals surface area contributed by atoms with Gasteiger partial charge < -0.3 is 5.32 Å². The number of aromatic nitrogens is 2. The van der Waals surface area contributed by atoms with Gasteiger partial charge in [0, 0.05) is 30.8 Å². The quantitative estimate of drug-likeness (QED) is 0.747.